The lowest BCUT2D eigenvalue weighted by atomic mass is 10.1. The Hall–Kier alpha value is -1.53. The lowest BCUT2D eigenvalue weighted by molar-refractivity contribution is 0.413. The molecule has 2 rings (SSSR count). The summed E-state index contributed by atoms with van der Waals surface area (Å²) in [5, 5.41) is 12.3. The molecule has 0 aromatic heterocycles. The van der Waals surface area contributed by atoms with Crippen LogP contribution in [0.2, 0.25) is 0 Å². The smallest absolute Gasteiger partial charge is 0.136 e. The quantitative estimate of drug-likeness (QED) is 0.819. The normalized spacial score (nSPS) is 14.5. The van der Waals surface area contributed by atoms with E-state index in [2.05, 4.69) is 11.4 Å². The molecule has 0 radical (unpaired) electrons. The zero-order valence-corrected chi connectivity index (χ0v) is 9.49. The molecule has 0 saturated heterocycles. The second kappa shape index (κ2) is 5.00. The molecule has 16 heavy (non-hydrogen) atoms. The van der Waals surface area contributed by atoms with E-state index in [1.54, 1.807) is 7.11 Å². The Morgan fingerprint density at radius 3 is 2.94 bits per heavy atom. The van der Waals surface area contributed by atoms with Gasteiger partial charge in [-0.2, -0.15) is 5.26 Å². The van der Waals surface area contributed by atoms with Crippen LogP contribution in [0.25, 0.3) is 0 Å². The minimum Gasteiger partial charge on any atom is -0.495 e. The van der Waals surface area contributed by atoms with Crippen molar-refractivity contribution >= 4 is 0 Å². The van der Waals surface area contributed by atoms with Crippen LogP contribution >= 0.6 is 0 Å². The second-order valence-corrected chi connectivity index (χ2v) is 4.22. The summed E-state index contributed by atoms with van der Waals surface area (Å²) >= 11 is 0. The van der Waals surface area contributed by atoms with Crippen LogP contribution in [0.15, 0.2) is 18.2 Å². The molecule has 0 spiro atoms. The van der Waals surface area contributed by atoms with E-state index in [1.165, 1.54) is 12.8 Å². The van der Waals surface area contributed by atoms with Crippen LogP contribution in [0.3, 0.4) is 0 Å². The summed E-state index contributed by atoms with van der Waals surface area (Å²) < 4.78 is 5.10. The summed E-state index contributed by atoms with van der Waals surface area (Å²) in [4.78, 5) is 0. The van der Waals surface area contributed by atoms with Crippen molar-refractivity contribution in [1.29, 1.82) is 5.26 Å². The molecule has 0 atom stereocenters. The van der Waals surface area contributed by atoms with E-state index < -0.39 is 0 Å². The molecule has 0 aliphatic heterocycles. The highest BCUT2D eigenvalue weighted by Crippen LogP contribution is 2.27. The molecule has 1 N–H and O–H groups in total. The van der Waals surface area contributed by atoms with Crippen molar-refractivity contribution in [2.24, 2.45) is 5.92 Å². The predicted molar refractivity (Wildman–Crippen MR) is 62.1 cm³/mol. The zero-order valence-electron chi connectivity index (χ0n) is 9.49. The maximum atomic E-state index is 8.95. The minimum atomic E-state index is 0.605. The highest BCUT2D eigenvalue weighted by atomic mass is 16.5. The van der Waals surface area contributed by atoms with Gasteiger partial charge in [0.1, 0.15) is 11.8 Å². The largest absolute Gasteiger partial charge is 0.495 e. The number of hydrogen-bond acceptors (Lipinski definition) is 3. The average Bonchev–Trinajstić information content (AvgIpc) is 3.13. The van der Waals surface area contributed by atoms with Crippen LogP contribution in [-0.2, 0) is 6.54 Å². The summed E-state index contributed by atoms with van der Waals surface area (Å²) in [6.07, 6.45) is 2.72. The topological polar surface area (TPSA) is 45.0 Å². The van der Waals surface area contributed by atoms with Crippen molar-refractivity contribution < 1.29 is 4.74 Å². The molecule has 3 heteroatoms. The lowest BCUT2D eigenvalue weighted by Crippen LogP contribution is -2.16. The third-order valence-electron chi connectivity index (χ3n) is 2.84. The van der Waals surface area contributed by atoms with Crippen LogP contribution in [0, 0.1) is 17.2 Å². The van der Waals surface area contributed by atoms with Gasteiger partial charge in [0.05, 0.1) is 12.7 Å². The Bertz CT molecular complexity index is 405. The summed E-state index contributed by atoms with van der Waals surface area (Å²) in [7, 11) is 1.58. The molecule has 1 fully saturated rings. The molecule has 1 aliphatic rings. The van der Waals surface area contributed by atoms with E-state index in [1.807, 2.05) is 18.2 Å². The van der Waals surface area contributed by atoms with Gasteiger partial charge in [0, 0.05) is 6.54 Å². The molecule has 1 aliphatic carbocycles. The van der Waals surface area contributed by atoms with E-state index >= 15 is 0 Å². The van der Waals surface area contributed by atoms with Gasteiger partial charge in [-0.05, 0) is 43.0 Å². The van der Waals surface area contributed by atoms with Gasteiger partial charge in [0.2, 0.25) is 0 Å². The Kier molecular flexibility index (Phi) is 3.43. The minimum absolute atomic E-state index is 0.605. The fraction of sp³-hybridized carbons (Fsp3) is 0.462. The number of nitrogens with one attached hydrogen (secondary N) is 1. The number of hydrogen-bond donors (Lipinski definition) is 1. The van der Waals surface area contributed by atoms with Crippen molar-refractivity contribution in [3.05, 3.63) is 29.3 Å². The number of benzene rings is 1. The third-order valence-corrected chi connectivity index (χ3v) is 2.84. The zero-order chi connectivity index (χ0) is 11.4. The first-order chi connectivity index (χ1) is 7.83. The van der Waals surface area contributed by atoms with Crippen molar-refractivity contribution in [3.8, 4) is 11.8 Å². The SMILES string of the molecule is COc1ccc(CNCC2CC2)cc1C#N. The van der Waals surface area contributed by atoms with E-state index in [0.717, 1.165) is 24.6 Å². The molecule has 0 amide bonds. The van der Waals surface area contributed by atoms with Gasteiger partial charge in [-0.3, -0.25) is 0 Å². The maximum absolute atomic E-state index is 8.95. The first kappa shape index (κ1) is 11.0. The molecule has 1 aromatic rings. The molecule has 3 nitrogen and oxygen atoms in total. The molecule has 0 unspecified atom stereocenters. The van der Waals surface area contributed by atoms with E-state index in [-0.39, 0.29) is 0 Å². The molecule has 1 saturated carbocycles. The van der Waals surface area contributed by atoms with Gasteiger partial charge in [0.15, 0.2) is 0 Å². The first-order valence-electron chi connectivity index (χ1n) is 5.61. The molecular formula is C13H16N2O. The van der Waals surface area contributed by atoms with E-state index in [9.17, 15) is 0 Å². The van der Waals surface area contributed by atoms with Crippen molar-refractivity contribution in [2.45, 2.75) is 19.4 Å². The number of methoxy groups -OCH3 is 1. The number of rotatable bonds is 5. The van der Waals surface area contributed by atoms with Gasteiger partial charge < -0.3 is 10.1 Å². The first-order valence-corrected chi connectivity index (χ1v) is 5.61. The van der Waals surface area contributed by atoms with Gasteiger partial charge in [-0.15, -0.1) is 0 Å². The molecule has 0 heterocycles. The molecule has 1 aromatic carbocycles. The van der Waals surface area contributed by atoms with Crippen LogP contribution in [-0.4, -0.2) is 13.7 Å². The number of nitriles is 1. The predicted octanol–water partition coefficient (Wildman–Crippen LogP) is 2.07. The number of ether oxygens (including phenoxy) is 1. The van der Waals surface area contributed by atoms with Crippen molar-refractivity contribution in [1.82, 2.24) is 5.32 Å². The van der Waals surface area contributed by atoms with E-state index in [4.69, 9.17) is 10.00 Å². The fourth-order valence-electron chi connectivity index (χ4n) is 1.70. The summed E-state index contributed by atoms with van der Waals surface area (Å²) in [6.45, 7) is 1.92. The molecule has 84 valence electrons. The Labute approximate surface area is 96.0 Å². The van der Waals surface area contributed by atoms with Gasteiger partial charge in [0.25, 0.3) is 0 Å². The average molecular weight is 216 g/mol. The highest BCUT2D eigenvalue weighted by molar-refractivity contribution is 5.45. The fourth-order valence-corrected chi connectivity index (χ4v) is 1.70. The molecule has 0 bridgehead atoms. The van der Waals surface area contributed by atoms with Crippen molar-refractivity contribution in [2.75, 3.05) is 13.7 Å². The standard InChI is InChI=1S/C13H16N2O/c1-16-13-5-4-11(6-12(13)7-14)9-15-8-10-2-3-10/h4-6,10,15H,2-3,8-9H2,1H3. The molecular weight excluding hydrogens is 200 g/mol. The summed E-state index contributed by atoms with van der Waals surface area (Å²) in [6, 6.07) is 7.89. The van der Waals surface area contributed by atoms with Crippen LogP contribution < -0.4 is 10.1 Å². The monoisotopic (exact) mass is 216 g/mol. The van der Waals surface area contributed by atoms with E-state index in [0.29, 0.717) is 11.3 Å². The van der Waals surface area contributed by atoms with Gasteiger partial charge in [-0.25, -0.2) is 0 Å². The summed E-state index contributed by atoms with van der Waals surface area (Å²) in [5.41, 5.74) is 1.74. The second-order valence-electron chi connectivity index (χ2n) is 4.22. The Morgan fingerprint density at radius 2 is 2.31 bits per heavy atom. The van der Waals surface area contributed by atoms with Crippen LogP contribution in [0.4, 0.5) is 0 Å². The highest BCUT2D eigenvalue weighted by Gasteiger charge is 2.20. The third kappa shape index (κ3) is 2.74. The van der Waals surface area contributed by atoms with Crippen LogP contribution in [0.5, 0.6) is 5.75 Å². The Morgan fingerprint density at radius 1 is 1.50 bits per heavy atom. The maximum Gasteiger partial charge on any atom is 0.136 e. The lowest BCUT2D eigenvalue weighted by Gasteiger charge is -2.07. The summed E-state index contributed by atoms with van der Waals surface area (Å²) in [5.74, 6) is 1.53. The van der Waals surface area contributed by atoms with Gasteiger partial charge >= 0.3 is 0 Å². The Balaban J connectivity index is 1.95. The van der Waals surface area contributed by atoms with Gasteiger partial charge in [-0.1, -0.05) is 6.07 Å². The number of nitrogens with zero attached hydrogens (tertiary/aromatic N) is 1. The van der Waals surface area contributed by atoms with Crippen LogP contribution in [0.1, 0.15) is 24.0 Å². The van der Waals surface area contributed by atoms with Crippen molar-refractivity contribution in [3.63, 3.8) is 0 Å².